The average molecular weight is 648 g/mol. The Hall–Kier alpha value is -6.14. The second-order valence-corrected chi connectivity index (χ2v) is 15.2. The molecule has 0 aliphatic carbocycles. The SMILES string of the molecule is Cc1ccc2c(c1)c1cccc(P(=O)(c3ccccc3)c3cccc4c5cc(C#N)ccc5n(-c5ccccc5)c34)c1n2-c1ccccc1. The summed E-state index contributed by atoms with van der Waals surface area (Å²) in [7, 11) is -3.61. The highest BCUT2D eigenvalue weighted by Crippen LogP contribution is 2.49. The highest BCUT2D eigenvalue weighted by molar-refractivity contribution is 7.86. The first-order valence-corrected chi connectivity index (χ1v) is 18.1. The smallest absolute Gasteiger partial charge is 0.175 e. The van der Waals surface area contributed by atoms with Gasteiger partial charge >= 0.3 is 0 Å². The predicted octanol–water partition coefficient (Wildman–Crippen LogP) is 9.70. The molecule has 0 aliphatic rings. The third-order valence-electron chi connectivity index (χ3n) is 9.64. The molecule has 0 fully saturated rings. The van der Waals surface area contributed by atoms with Crippen LogP contribution in [0.15, 0.2) is 164 Å². The van der Waals surface area contributed by atoms with Gasteiger partial charge in [0.1, 0.15) is 0 Å². The van der Waals surface area contributed by atoms with E-state index in [1.807, 2.05) is 84.9 Å². The summed E-state index contributed by atoms with van der Waals surface area (Å²) in [5.41, 5.74) is 7.58. The van der Waals surface area contributed by atoms with Crippen molar-refractivity contribution in [1.82, 2.24) is 9.13 Å². The fourth-order valence-corrected chi connectivity index (χ4v) is 10.6. The maximum Gasteiger partial charge on any atom is 0.175 e. The molecule has 2 aromatic heterocycles. The summed E-state index contributed by atoms with van der Waals surface area (Å²) in [6.07, 6.45) is 0. The number of aromatic nitrogens is 2. The number of benzene rings is 7. The second-order valence-electron chi connectivity index (χ2n) is 12.5. The van der Waals surface area contributed by atoms with Crippen LogP contribution in [0.3, 0.4) is 0 Å². The van der Waals surface area contributed by atoms with Gasteiger partial charge in [0, 0.05) is 48.8 Å². The minimum absolute atomic E-state index is 0.587. The summed E-state index contributed by atoms with van der Waals surface area (Å²) in [6, 6.07) is 57.6. The molecule has 0 aliphatic heterocycles. The van der Waals surface area contributed by atoms with Crippen LogP contribution in [-0.2, 0) is 4.57 Å². The highest BCUT2D eigenvalue weighted by atomic mass is 31.2. The maximum absolute atomic E-state index is 16.9. The summed E-state index contributed by atoms with van der Waals surface area (Å²) < 4.78 is 21.4. The normalized spacial score (nSPS) is 12.8. The molecule has 0 spiro atoms. The van der Waals surface area contributed by atoms with E-state index in [2.05, 4.69) is 101 Å². The third-order valence-corrected chi connectivity index (χ3v) is 12.7. The number of nitrogens with zero attached hydrogens (tertiary/aromatic N) is 3. The number of rotatable bonds is 5. The zero-order chi connectivity index (χ0) is 33.1. The van der Waals surface area contributed by atoms with Crippen molar-refractivity contribution in [1.29, 1.82) is 5.26 Å². The van der Waals surface area contributed by atoms with Crippen LogP contribution >= 0.6 is 7.14 Å². The number of fused-ring (bicyclic) bond motifs is 6. The fraction of sp³-hybridized carbons (Fsp3) is 0.0227. The Morgan fingerprint density at radius 3 is 1.53 bits per heavy atom. The largest absolute Gasteiger partial charge is 0.308 e. The Morgan fingerprint density at radius 1 is 0.510 bits per heavy atom. The van der Waals surface area contributed by atoms with E-state index >= 15 is 4.57 Å². The van der Waals surface area contributed by atoms with Crippen LogP contribution in [-0.4, -0.2) is 9.13 Å². The van der Waals surface area contributed by atoms with Gasteiger partial charge in [-0.2, -0.15) is 5.26 Å². The van der Waals surface area contributed by atoms with Crippen LogP contribution in [0, 0.1) is 18.3 Å². The van der Waals surface area contributed by atoms with Gasteiger partial charge in [-0.25, -0.2) is 0 Å². The first-order chi connectivity index (χ1) is 24.1. The highest BCUT2D eigenvalue weighted by Gasteiger charge is 2.36. The lowest BCUT2D eigenvalue weighted by molar-refractivity contribution is 0.592. The summed E-state index contributed by atoms with van der Waals surface area (Å²) >= 11 is 0. The lowest BCUT2D eigenvalue weighted by atomic mass is 10.1. The van der Waals surface area contributed by atoms with Crippen LogP contribution < -0.4 is 15.9 Å². The fourth-order valence-electron chi connectivity index (χ4n) is 7.53. The topological polar surface area (TPSA) is 50.7 Å². The standard InChI is InChI=1S/C44H30N3OP/c1-30-23-25-39-37(27-30)35-19-11-21-41(43(35)46(39)32-13-5-2-6-14-32)49(48,34-17-9-4-10-18-34)42-22-12-20-36-38-28-31(29-45)24-26-40(38)47(44(36)42)33-15-7-3-8-16-33/h2-28H,1H3. The second kappa shape index (κ2) is 11.2. The van der Waals surface area contributed by atoms with Crippen molar-refractivity contribution in [2.75, 3.05) is 0 Å². The molecule has 0 N–H and O–H groups in total. The van der Waals surface area contributed by atoms with Crippen molar-refractivity contribution in [2.24, 2.45) is 0 Å². The number of hydrogen-bond donors (Lipinski definition) is 0. The van der Waals surface area contributed by atoms with E-state index in [-0.39, 0.29) is 0 Å². The van der Waals surface area contributed by atoms with Gasteiger partial charge in [-0.15, -0.1) is 0 Å². The van der Waals surface area contributed by atoms with E-state index in [1.54, 1.807) is 0 Å². The Morgan fingerprint density at radius 2 is 1.00 bits per heavy atom. The molecule has 0 amide bonds. The van der Waals surface area contributed by atoms with Crippen molar-refractivity contribution in [3.63, 3.8) is 0 Å². The minimum atomic E-state index is -3.61. The van der Waals surface area contributed by atoms with Gasteiger partial charge in [-0.05, 0) is 73.7 Å². The number of nitriles is 1. The molecule has 4 nitrogen and oxygen atoms in total. The molecule has 1 unspecified atom stereocenters. The minimum Gasteiger partial charge on any atom is -0.308 e. The zero-order valence-electron chi connectivity index (χ0n) is 26.8. The summed E-state index contributed by atoms with van der Waals surface area (Å²) in [5.74, 6) is 0. The quantitative estimate of drug-likeness (QED) is 0.175. The monoisotopic (exact) mass is 647 g/mol. The van der Waals surface area contributed by atoms with Crippen LogP contribution in [0.5, 0.6) is 0 Å². The number of para-hydroxylation sites is 4. The molecule has 9 rings (SSSR count). The van der Waals surface area contributed by atoms with Gasteiger partial charge < -0.3 is 13.7 Å². The predicted molar refractivity (Wildman–Crippen MR) is 204 cm³/mol. The Labute approximate surface area is 284 Å². The van der Waals surface area contributed by atoms with E-state index < -0.39 is 7.14 Å². The number of aryl methyl sites for hydroxylation is 1. The number of hydrogen-bond acceptors (Lipinski definition) is 2. The van der Waals surface area contributed by atoms with Crippen LogP contribution in [0.25, 0.3) is 55.0 Å². The Bertz CT molecular complexity index is 2810. The van der Waals surface area contributed by atoms with Crippen molar-refractivity contribution in [2.45, 2.75) is 6.92 Å². The van der Waals surface area contributed by atoms with Crippen molar-refractivity contribution in [3.8, 4) is 17.4 Å². The maximum atomic E-state index is 16.9. The molecule has 5 heteroatoms. The third kappa shape index (κ3) is 4.34. The van der Waals surface area contributed by atoms with Crippen LogP contribution in [0.4, 0.5) is 0 Å². The summed E-state index contributed by atoms with van der Waals surface area (Å²) in [5, 5.41) is 16.3. The first-order valence-electron chi connectivity index (χ1n) is 16.4. The van der Waals surface area contributed by atoms with Crippen molar-refractivity contribution < 1.29 is 4.57 Å². The molecule has 49 heavy (non-hydrogen) atoms. The molecule has 0 bridgehead atoms. The summed E-state index contributed by atoms with van der Waals surface area (Å²) in [4.78, 5) is 0. The average Bonchev–Trinajstić information content (AvgIpc) is 3.67. The van der Waals surface area contributed by atoms with Gasteiger partial charge in [0.15, 0.2) is 7.14 Å². The molecule has 0 saturated heterocycles. The van der Waals surface area contributed by atoms with Gasteiger partial charge in [0.25, 0.3) is 0 Å². The molecular weight excluding hydrogens is 617 g/mol. The van der Waals surface area contributed by atoms with E-state index in [1.165, 1.54) is 5.56 Å². The van der Waals surface area contributed by atoms with Gasteiger partial charge in [-0.1, -0.05) is 103 Å². The molecule has 0 saturated carbocycles. The van der Waals surface area contributed by atoms with E-state index in [9.17, 15) is 5.26 Å². The lowest BCUT2D eigenvalue weighted by Gasteiger charge is -2.24. The van der Waals surface area contributed by atoms with E-state index in [0.717, 1.165) is 70.9 Å². The molecule has 1 atom stereocenters. The zero-order valence-corrected chi connectivity index (χ0v) is 27.7. The van der Waals surface area contributed by atoms with E-state index in [4.69, 9.17) is 0 Å². The Kier molecular flexibility index (Phi) is 6.66. The van der Waals surface area contributed by atoms with E-state index in [0.29, 0.717) is 5.56 Å². The summed E-state index contributed by atoms with van der Waals surface area (Å²) in [6.45, 7) is 2.12. The molecule has 9 aromatic rings. The Balaban J connectivity index is 1.49. The van der Waals surface area contributed by atoms with Gasteiger partial charge in [0.2, 0.25) is 0 Å². The van der Waals surface area contributed by atoms with Gasteiger partial charge in [-0.3, -0.25) is 0 Å². The molecule has 0 radical (unpaired) electrons. The van der Waals surface area contributed by atoms with Gasteiger partial charge in [0.05, 0.1) is 33.7 Å². The van der Waals surface area contributed by atoms with Crippen molar-refractivity contribution >= 4 is 66.7 Å². The lowest BCUT2D eigenvalue weighted by Crippen LogP contribution is -2.27. The molecule has 2 heterocycles. The molecule has 7 aromatic carbocycles. The van der Waals surface area contributed by atoms with Crippen LogP contribution in [0.2, 0.25) is 0 Å². The molecular formula is C44H30N3OP. The first kappa shape index (κ1) is 29.0. The molecule has 232 valence electrons. The van der Waals surface area contributed by atoms with Crippen molar-refractivity contribution in [3.05, 3.63) is 175 Å². The van der Waals surface area contributed by atoms with Crippen LogP contribution in [0.1, 0.15) is 11.1 Å².